The number of nitrogens with zero attached hydrogens (tertiary/aromatic N) is 1. The molecule has 0 aliphatic rings. The second-order valence-corrected chi connectivity index (χ2v) is 3.46. The molecule has 1 radical (unpaired) electrons. The van der Waals surface area contributed by atoms with Gasteiger partial charge in [0.2, 0.25) is 0 Å². The molecular formula is C14H11N2. The van der Waals surface area contributed by atoms with Gasteiger partial charge >= 0.3 is 0 Å². The molecule has 0 atom stereocenters. The van der Waals surface area contributed by atoms with Crippen LogP contribution in [-0.4, -0.2) is 0 Å². The zero-order valence-corrected chi connectivity index (χ0v) is 8.77. The van der Waals surface area contributed by atoms with Crippen molar-refractivity contribution in [3.63, 3.8) is 0 Å². The van der Waals surface area contributed by atoms with E-state index in [1.54, 1.807) is 0 Å². The normalized spacial score (nSPS) is 9.75. The fraction of sp³-hybridized carbons (Fsp3) is 0.0714. The quantitative estimate of drug-likeness (QED) is 0.822. The average molecular weight is 207 g/mol. The molecule has 0 aliphatic heterocycles. The van der Waals surface area contributed by atoms with Crippen molar-refractivity contribution in [2.45, 2.75) is 6.54 Å². The molecule has 2 heteroatoms. The van der Waals surface area contributed by atoms with E-state index >= 15 is 0 Å². The number of hydrogen-bond donors (Lipinski definition) is 1. The lowest BCUT2D eigenvalue weighted by molar-refractivity contribution is 1.07. The van der Waals surface area contributed by atoms with Crippen LogP contribution in [0.3, 0.4) is 0 Å². The highest BCUT2D eigenvalue weighted by atomic mass is 14.5. The minimum atomic E-state index is 0.461. The largest absolute Gasteiger partial charge is 0.326 e. The van der Waals surface area contributed by atoms with E-state index in [9.17, 15) is 0 Å². The molecule has 0 saturated heterocycles. The lowest BCUT2D eigenvalue weighted by atomic mass is 9.99. The Morgan fingerprint density at radius 2 is 2.06 bits per heavy atom. The van der Waals surface area contributed by atoms with Gasteiger partial charge in [-0.1, -0.05) is 30.3 Å². The van der Waals surface area contributed by atoms with Crippen molar-refractivity contribution in [3.8, 4) is 17.2 Å². The first kappa shape index (κ1) is 10.4. The van der Waals surface area contributed by atoms with E-state index in [1.165, 1.54) is 0 Å². The topological polar surface area (TPSA) is 49.8 Å². The summed E-state index contributed by atoms with van der Waals surface area (Å²) in [4.78, 5) is 0. The zero-order chi connectivity index (χ0) is 11.4. The van der Waals surface area contributed by atoms with Gasteiger partial charge in [0.1, 0.15) is 0 Å². The second-order valence-electron chi connectivity index (χ2n) is 3.46. The maximum atomic E-state index is 9.02. The summed E-state index contributed by atoms with van der Waals surface area (Å²) in [6.45, 7) is 0.461. The third-order valence-electron chi connectivity index (χ3n) is 2.44. The first-order chi connectivity index (χ1) is 7.85. The zero-order valence-electron chi connectivity index (χ0n) is 8.77. The predicted octanol–water partition coefficient (Wildman–Crippen LogP) is 2.48. The Morgan fingerprint density at radius 1 is 1.25 bits per heavy atom. The van der Waals surface area contributed by atoms with Gasteiger partial charge in [-0.05, 0) is 34.9 Å². The molecule has 2 nitrogen and oxygen atoms in total. The molecule has 0 fully saturated rings. The van der Waals surface area contributed by atoms with Crippen molar-refractivity contribution in [2.75, 3.05) is 0 Å². The van der Waals surface area contributed by atoms with Crippen LogP contribution in [-0.2, 0) is 6.54 Å². The Bertz CT molecular complexity index is 538. The molecule has 0 bridgehead atoms. The third kappa shape index (κ3) is 1.95. The number of rotatable bonds is 2. The number of nitrogens with two attached hydrogens (primary N) is 1. The Morgan fingerprint density at radius 3 is 2.81 bits per heavy atom. The second kappa shape index (κ2) is 4.61. The molecular weight excluding hydrogens is 196 g/mol. The summed E-state index contributed by atoms with van der Waals surface area (Å²) in [6, 6.07) is 18.5. The van der Waals surface area contributed by atoms with Gasteiger partial charge in [0, 0.05) is 6.54 Å². The lowest BCUT2D eigenvalue weighted by Gasteiger charge is -2.05. The van der Waals surface area contributed by atoms with Gasteiger partial charge in [0.15, 0.2) is 0 Å². The van der Waals surface area contributed by atoms with E-state index in [-0.39, 0.29) is 0 Å². The molecule has 2 rings (SSSR count). The maximum absolute atomic E-state index is 9.02. The molecule has 2 aromatic rings. The van der Waals surface area contributed by atoms with Crippen molar-refractivity contribution < 1.29 is 0 Å². The number of benzene rings is 2. The Hall–Kier alpha value is -2.11. The maximum Gasteiger partial charge on any atom is 0.0998 e. The van der Waals surface area contributed by atoms with Crippen LogP contribution >= 0.6 is 0 Å². The molecule has 0 heterocycles. The van der Waals surface area contributed by atoms with Gasteiger partial charge in [0.25, 0.3) is 0 Å². The minimum Gasteiger partial charge on any atom is -0.326 e. The van der Waals surface area contributed by atoms with E-state index < -0.39 is 0 Å². The van der Waals surface area contributed by atoms with Crippen LogP contribution in [0.1, 0.15) is 11.1 Å². The molecule has 0 amide bonds. The van der Waals surface area contributed by atoms with E-state index in [1.807, 2.05) is 42.5 Å². The Kier molecular flexibility index (Phi) is 3.00. The Balaban J connectivity index is 2.55. The van der Waals surface area contributed by atoms with Crippen LogP contribution < -0.4 is 5.73 Å². The highest BCUT2D eigenvalue weighted by Crippen LogP contribution is 2.23. The highest BCUT2D eigenvalue weighted by molar-refractivity contribution is 5.70. The van der Waals surface area contributed by atoms with E-state index in [0.717, 1.165) is 16.7 Å². The van der Waals surface area contributed by atoms with Gasteiger partial charge in [-0.3, -0.25) is 0 Å². The molecule has 0 aliphatic carbocycles. The van der Waals surface area contributed by atoms with Crippen molar-refractivity contribution >= 4 is 0 Å². The SMILES string of the molecule is N#Cc1ccccc1-c1cc[c]c(CN)c1. The first-order valence-corrected chi connectivity index (χ1v) is 5.05. The van der Waals surface area contributed by atoms with Crippen LogP contribution in [0.2, 0.25) is 0 Å². The van der Waals surface area contributed by atoms with Crippen molar-refractivity contribution in [2.24, 2.45) is 5.73 Å². The summed E-state index contributed by atoms with van der Waals surface area (Å²) in [5, 5.41) is 9.02. The van der Waals surface area contributed by atoms with Crippen LogP contribution in [0.4, 0.5) is 0 Å². The average Bonchev–Trinajstić information content (AvgIpc) is 2.38. The van der Waals surface area contributed by atoms with Crippen LogP contribution in [0, 0.1) is 17.4 Å². The van der Waals surface area contributed by atoms with Gasteiger partial charge in [-0.15, -0.1) is 0 Å². The van der Waals surface area contributed by atoms with Crippen molar-refractivity contribution in [1.82, 2.24) is 0 Å². The van der Waals surface area contributed by atoms with Crippen LogP contribution in [0.25, 0.3) is 11.1 Å². The predicted molar refractivity (Wildman–Crippen MR) is 63.3 cm³/mol. The smallest absolute Gasteiger partial charge is 0.0998 e. The van der Waals surface area contributed by atoms with Crippen molar-refractivity contribution in [3.05, 3.63) is 59.7 Å². The van der Waals surface area contributed by atoms with Gasteiger partial charge in [-0.25, -0.2) is 0 Å². The van der Waals surface area contributed by atoms with Gasteiger partial charge in [0.05, 0.1) is 11.6 Å². The van der Waals surface area contributed by atoms with Gasteiger partial charge < -0.3 is 5.73 Å². The fourth-order valence-corrected chi connectivity index (χ4v) is 1.63. The summed E-state index contributed by atoms with van der Waals surface area (Å²) in [6.07, 6.45) is 0. The van der Waals surface area contributed by atoms with Gasteiger partial charge in [-0.2, -0.15) is 5.26 Å². The molecule has 0 unspecified atom stereocenters. The third-order valence-corrected chi connectivity index (χ3v) is 2.44. The van der Waals surface area contributed by atoms with E-state index in [2.05, 4.69) is 12.1 Å². The molecule has 0 spiro atoms. The summed E-state index contributed by atoms with van der Waals surface area (Å²) in [5.74, 6) is 0. The van der Waals surface area contributed by atoms with E-state index in [0.29, 0.717) is 12.1 Å². The molecule has 77 valence electrons. The number of nitriles is 1. The summed E-state index contributed by atoms with van der Waals surface area (Å²) < 4.78 is 0. The molecule has 0 saturated carbocycles. The van der Waals surface area contributed by atoms with Crippen molar-refractivity contribution in [1.29, 1.82) is 5.26 Å². The van der Waals surface area contributed by atoms with Crippen LogP contribution in [0.5, 0.6) is 0 Å². The molecule has 2 N–H and O–H groups in total. The summed E-state index contributed by atoms with van der Waals surface area (Å²) in [7, 11) is 0. The number of hydrogen-bond acceptors (Lipinski definition) is 2. The lowest BCUT2D eigenvalue weighted by Crippen LogP contribution is -1.96. The molecule has 0 aromatic heterocycles. The molecule has 2 aromatic carbocycles. The summed E-state index contributed by atoms with van der Waals surface area (Å²) in [5.41, 5.74) is 9.15. The minimum absolute atomic E-state index is 0.461. The molecule has 16 heavy (non-hydrogen) atoms. The highest BCUT2D eigenvalue weighted by Gasteiger charge is 2.03. The standard InChI is InChI=1S/C14H11N2/c15-9-11-4-3-6-12(8-11)14-7-2-1-5-13(14)10-16/h1-3,5-8H,9,15H2. The van der Waals surface area contributed by atoms with Crippen LogP contribution in [0.15, 0.2) is 42.5 Å². The monoisotopic (exact) mass is 207 g/mol. The fourth-order valence-electron chi connectivity index (χ4n) is 1.63. The summed E-state index contributed by atoms with van der Waals surface area (Å²) >= 11 is 0. The Labute approximate surface area is 95.0 Å². The van der Waals surface area contributed by atoms with E-state index in [4.69, 9.17) is 11.0 Å². The first-order valence-electron chi connectivity index (χ1n) is 5.05.